The zero-order chi connectivity index (χ0) is 14.7. The van der Waals surface area contributed by atoms with Gasteiger partial charge in [0.1, 0.15) is 5.82 Å². The molecule has 0 aromatic carbocycles. The Labute approximate surface area is 123 Å². The summed E-state index contributed by atoms with van der Waals surface area (Å²) in [4.78, 5) is 13.1. The van der Waals surface area contributed by atoms with Crippen molar-refractivity contribution in [2.45, 2.75) is 37.9 Å². The molecule has 1 aromatic rings. The molecule has 0 spiro atoms. The Kier molecular flexibility index (Phi) is 5.04. The van der Waals surface area contributed by atoms with Gasteiger partial charge in [-0.1, -0.05) is 25.6 Å². The topological polar surface area (TPSA) is 71.2 Å². The van der Waals surface area contributed by atoms with Crippen molar-refractivity contribution in [3.63, 3.8) is 0 Å². The smallest absolute Gasteiger partial charge is 0.313 e. The maximum Gasteiger partial charge on any atom is 0.313 e. The van der Waals surface area contributed by atoms with Crippen LogP contribution in [-0.2, 0) is 11.3 Å². The van der Waals surface area contributed by atoms with Gasteiger partial charge < -0.3 is 14.6 Å². The number of likely N-dealkylation sites (tertiary alicyclic amines) is 1. The molecule has 7 heteroatoms. The Hall–Kier alpha value is -1.08. The highest BCUT2D eigenvalue weighted by Gasteiger charge is 2.24. The summed E-state index contributed by atoms with van der Waals surface area (Å²) in [6, 6.07) is 0. The van der Waals surface area contributed by atoms with E-state index in [1.54, 1.807) is 0 Å². The molecule has 2 rings (SSSR count). The Morgan fingerprint density at radius 3 is 2.80 bits per heavy atom. The molecule has 112 valence electrons. The monoisotopic (exact) mass is 298 g/mol. The summed E-state index contributed by atoms with van der Waals surface area (Å²) in [5.41, 5.74) is 0. The second-order valence-electron chi connectivity index (χ2n) is 5.71. The van der Waals surface area contributed by atoms with Crippen LogP contribution in [0.2, 0.25) is 0 Å². The van der Waals surface area contributed by atoms with Gasteiger partial charge in [0, 0.05) is 19.0 Å². The number of rotatable bonds is 6. The van der Waals surface area contributed by atoms with Crippen molar-refractivity contribution in [2.75, 3.05) is 25.9 Å². The van der Waals surface area contributed by atoms with Crippen LogP contribution < -0.4 is 0 Å². The van der Waals surface area contributed by atoms with Gasteiger partial charge in [-0.25, -0.2) is 0 Å². The molecule has 1 aliphatic rings. The second-order valence-corrected chi connectivity index (χ2v) is 6.65. The van der Waals surface area contributed by atoms with Gasteiger partial charge in [0.05, 0.1) is 5.75 Å². The molecule has 0 aliphatic carbocycles. The van der Waals surface area contributed by atoms with Gasteiger partial charge in [0.15, 0.2) is 5.16 Å². The highest BCUT2D eigenvalue weighted by Crippen LogP contribution is 2.25. The third-order valence-electron chi connectivity index (χ3n) is 3.52. The number of thioether (sulfide) groups is 1. The van der Waals surface area contributed by atoms with Crippen LogP contribution in [0.5, 0.6) is 0 Å². The van der Waals surface area contributed by atoms with E-state index in [4.69, 9.17) is 5.11 Å². The zero-order valence-electron chi connectivity index (χ0n) is 12.2. The zero-order valence-corrected chi connectivity index (χ0v) is 13.1. The number of aliphatic carboxylic acids is 1. The minimum Gasteiger partial charge on any atom is -0.481 e. The van der Waals surface area contributed by atoms with Crippen LogP contribution in [0, 0.1) is 5.92 Å². The van der Waals surface area contributed by atoms with Crippen molar-refractivity contribution in [2.24, 2.45) is 5.92 Å². The van der Waals surface area contributed by atoms with Gasteiger partial charge >= 0.3 is 5.97 Å². The average molecular weight is 298 g/mol. The molecule has 1 aliphatic heterocycles. The van der Waals surface area contributed by atoms with E-state index in [9.17, 15) is 4.79 Å². The van der Waals surface area contributed by atoms with Gasteiger partial charge in [-0.05, 0) is 25.9 Å². The molecule has 0 radical (unpaired) electrons. The number of hydrogen-bond acceptors (Lipinski definition) is 5. The maximum absolute atomic E-state index is 10.7. The fourth-order valence-electron chi connectivity index (χ4n) is 2.57. The van der Waals surface area contributed by atoms with Crippen LogP contribution >= 0.6 is 11.8 Å². The molecular weight excluding hydrogens is 276 g/mol. The quantitative estimate of drug-likeness (QED) is 0.803. The van der Waals surface area contributed by atoms with Gasteiger partial charge in [0.2, 0.25) is 0 Å². The Balaban J connectivity index is 2.13. The highest BCUT2D eigenvalue weighted by atomic mass is 32.2. The Bertz CT molecular complexity index is 475. The number of carboxylic acids is 1. The fourth-order valence-corrected chi connectivity index (χ4v) is 3.24. The minimum absolute atomic E-state index is 0.0286. The molecule has 20 heavy (non-hydrogen) atoms. The number of hydrogen-bond donors (Lipinski definition) is 1. The van der Waals surface area contributed by atoms with Crippen LogP contribution in [-0.4, -0.2) is 56.6 Å². The van der Waals surface area contributed by atoms with E-state index in [1.807, 2.05) is 0 Å². The average Bonchev–Trinajstić information content (AvgIpc) is 2.94. The molecule has 6 nitrogen and oxygen atoms in total. The van der Waals surface area contributed by atoms with Gasteiger partial charge in [-0.15, -0.1) is 10.2 Å². The molecular formula is C13H22N4O2S. The van der Waals surface area contributed by atoms with E-state index in [-0.39, 0.29) is 5.75 Å². The Morgan fingerprint density at radius 1 is 1.50 bits per heavy atom. The lowest BCUT2D eigenvalue weighted by atomic mass is 10.1. The largest absolute Gasteiger partial charge is 0.481 e. The third kappa shape index (κ3) is 3.73. The first-order valence-electron chi connectivity index (χ1n) is 6.93. The van der Waals surface area contributed by atoms with Crippen LogP contribution in [0.4, 0.5) is 0 Å². The van der Waals surface area contributed by atoms with E-state index in [2.05, 4.69) is 40.6 Å². The Morgan fingerprint density at radius 2 is 2.25 bits per heavy atom. The van der Waals surface area contributed by atoms with Crippen LogP contribution in [0.25, 0.3) is 0 Å². The van der Waals surface area contributed by atoms with E-state index in [0.717, 1.165) is 30.6 Å². The summed E-state index contributed by atoms with van der Waals surface area (Å²) in [7, 11) is 2.13. The first-order chi connectivity index (χ1) is 9.47. The standard InChI is InChI=1S/C13H22N4O2S/c1-9(2)12-14-15-13(20-8-11(18)19)17(12)7-10-4-5-16(3)6-10/h9-10H,4-8H2,1-3H3,(H,18,19). The molecule has 0 bridgehead atoms. The summed E-state index contributed by atoms with van der Waals surface area (Å²) in [6.07, 6.45) is 1.18. The molecule has 2 heterocycles. The summed E-state index contributed by atoms with van der Waals surface area (Å²) in [5.74, 6) is 1.04. The number of aromatic nitrogens is 3. The lowest BCUT2D eigenvalue weighted by Gasteiger charge is -2.16. The van der Waals surface area contributed by atoms with Crippen molar-refractivity contribution in [1.82, 2.24) is 19.7 Å². The fraction of sp³-hybridized carbons (Fsp3) is 0.769. The second kappa shape index (κ2) is 6.58. The minimum atomic E-state index is -0.823. The molecule has 1 saturated heterocycles. The van der Waals surface area contributed by atoms with Crippen LogP contribution in [0.3, 0.4) is 0 Å². The summed E-state index contributed by atoms with van der Waals surface area (Å²) < 4.78 is 2.11. The lowest BCUT2D eigenvalue weighted by Crippen LogP contribution is -2.19. The predicted octanol–water partition coefficient (Wildman–Crippen LogP) is 1.53. The maximum atomic E-state index is 10.7. The SMILES string of the molecule is CC(C)c1nnc(SCC(=O)O)n1CC1CCN(C)C1. The molecule has 0 saturated carbocycles. The van der Waals surface area contributed by atoms with Crippen molar-refractivity contribution in [3.8, 4) is 0 Å². The van der Waals surface area contributed by atoms with Crippen LogP contribution in [0.1, 0.15) is 32.0 Å². The van der Waals surface area contributed by atoms with E-state index < -0.39 is 5.97 Å². The molecule has 1 aromatic heterocycles. The number of nitrogens with zero attached hydrogens (tertiary/aromatic N) is 4. The number of carboxylic acid groups (broad SMARTS) is 1. The molecule has 1 fully saturated rings. The molecule has 1 N–H and O–H groups in total. The van der Waals surface area contributed by atoms with E-state index in [1.165, 1.54) is 18.2 Å². The third-order valence-corrected chi connectivity index (χ3v) is 4.47. The van der Waals surface area contributed by atoms with E-state index >= 15 is 0 Å². The summed E-state index contributed by atoms with van der Waals surface area (Å²) in [6.45, 7) is 7.27. The molecule has 0 amide bonds. The summed E-state index contributed by atoms with van der Waals surface area (Å²) >= 11 is 1.25. The van der Waals surface area contributed by atoms with Gasteiger partial charge in [-0.2, -0.15) is 0 Å². The van der Waals surface area contributed by atoms with Crippen molar-refractivity contribution in [1.29, 1.82) is 0 Å². The van der Waals surface area contributed by atoms with Gasteiger partial charge in [-0.3, -0.25) is 4.79 Å². The predicted molar refractivity (Wildman–Crippen MR) is 78.1 cm³/mol. The van der Waals surface area contributed by atoms with Crippen molar-refractivity contribution < 1.29 is 9.90 Å². The van der Waals surface area contributed by atoms with Crippen molar-refractivity contribution >= 4 is 17.7 Å². The number of carbonyl (C=O) groups is 1. The van der Waals surface area contributed by atoms with Crippen molar-refractivity contribution in [3.05, 3.63) is 5.82 Å². The first-order valence-corrected chi connectivity index (χ1v) is 7.92. The summed E-state index contributed by atoms with van der Waals surface area (Å²) in [5, 5.41) is 18.0. The van der Waals surface area contributed by atoms with E-state index in [0.29, 0.717) is 11.8 Å². The highest BCUT2D eigenvalue weighted by molar-refractivity contribution is 7.99. The molecule has 1 unspecified atom stereocenters. The molecule has 1 atom stereocenters. The van der Waals surface area contributed by atoms with Crippen LogP contribution in [0.15, 0.2) is 5.16 Å². The first kappa shape index (κ1) is 15.3. The lowest BCUT2D eigenvalue weighted by molar-refractivity contribution is -0.133. The normalized spacial score (nSPS) is 19.9. The van der Waals surface area contributed by atoms with Gasteiger partial charge in [0.25, 0.3) is 0 Å².